The molecule has 1 saturated heterocycles. The molecule has 0 radical (unpaired) electrons. The predicted octanol–water partition coefficient (Wildman–Crippen LogP) is 2.49. The number of ether oxygens (including phenoxy) is 4. The summed E-state index contributed by atoms with van der Waals surface area (Å²) in [5.41, 5.74) is -1.32. The van der Waals surface area contributed by atoms with Crippen molar-refractivity contribution in [3.63, 3.8) is 0 Å². The van der Waals surface area contributed by atoms with Crippen molar-refractivity contribution in [2.24, 2.45) is 0 Å². The van der Waals surface area contributed by atoms with Crippen molar-refractivity contribution in [2.45, 2.75) is 51.8 Å². The number of rotatable bonds is 11. The number of carbonyl (C=O) groups is 2. The highest BCUT2D eigenvalue weighted by molar-refractivity contribution is 7.53. The average molecular weight is 460 g/mol. The lowest BCUT2D eigenvalue weighted by Gasteiger charge is -2.33. The molecule has 31 heavy (non-hydrogen) atoms. The zero-order valence-corrected chi connectivity index (χ0v) is 18.9. The summed E-state index contributed by atoms with van der Waals surface area (Å²) in [7, 11) is -3.59. The minimum atomic E-state index is -3.59. The van der Waals surface area contributed by atoms with Gasteiger partial charge in [-0.05, 0) is 32.9 Å². The third kappa shape index (κ3) is 6.35. The van der Waals surface area contributed by atoms with Gasteiger partial charge < -0.3 is 33.1 Å². The van der Waals surface area contributed by atoms with Gasteiger partial charge in [0.1, 0.15) is 6.10 Å². The summed E-state index contributed by atoms with van der Waals surface area (Å²) in [6.45, 7) is 5.66. The molecule has 1 aromatic rings. The van der Waals surface area contributed by atoms with Crippen LogP contribution in [-0.2, 0) is 37.4 Å². The molecular weight excluding hydrogens is 431 g/mol. The van der Waals surface area contributed by atoms with Crippen LogP contribution in [-0.4, -0.2) is 67.3 Å². The second-order valence-corrected chi connectivity index (χ2v) is 8.88. The molecule has 0 amide bonds. The van der Waals surface area contributed by atoms with E-state index in [1.807, 2.05) is 0 Å². The van der Waals surface area contributed by atoms with Crippen molar-refractivity contribution in [2.75, 3.05) is 26.2 Å². The summed E-state index contributed by atoms with van der Waals surface area (Å²) in [6, 6.07) is 8.20. The van der Waals surface area contributed by atoms with Crippen LogP contribution in [0.5, 0.6) is 0 Å². The number of aliphatic hydroxyl groups is 1. The number of aliphatic hydroxyl groups excluding tert-OH is 1. The van der Waals surface area contributed by atoms with Crippen LogP contribution in [0, 0.1) is 0 Å². The second-order valence-electron chi connectivity index (χ2n) is 6.89. The maximum atomic E-state index is 12.7. The fourth-order valence-electron chi connectivity index (χ4n) is 3.15. The maximum Gasteiger partial charge on any atom is 0.356 e. The highest BCUT2D eigenvalue weighted by atomic mass is 31.2. The van der Waals surface area contributed by atoms with Gasteiger partial charge in [-0.1, -0.05) is 18.2 Å². The van der Waals surface area contributed by atoms with Gasteiger partial charge in [0.25, 0.3) is 0 Å². The van der Waals surface area contributed by atoms with Gasteiger partial charge in [-0.15, -0.1) is 0 Å². The number of benzene rings is 1. The van der Waals surface area contributed by atoms with Crippen LogP contribution in [0.1, 0.15) is 38.1 Å². The summed E-state index contributed by atoms with van der Waals surface area (Å²) in [5, 5.41) is 9.83. The van der Waals surface area contributed by atoms with Crippen molar-refractivity contribution in [3.05, 3.63) is 35.9 Å². The molecule has 1 fully saturated rings. The van der Waals surface area contributed by atoms with E-state index in [4.69, 9.17) is 28.0 Å². The van der Waals surface area contributed by atoms with Crippen molar-refractivity contribution >= 4 is 19.5 Å². The average Bonchev–Trinajstić information content (AvgIpc) is 2.98. The zero-order chi connectivity index (χ0) is 23.1. The first kappa shape index (κ1) is 25.5. The monoisotopic (exact) mass is 460 g/mol. The van der Waals surface area contributed by atoms with Gasteiger partial charge in [0.2, 0.25) is 0 Å². The molecule has 2 rings (SSSR count). The Morgan fingerprint density at radius 2 is 1.77 bits per heavy atom. The van der Waals surface area contributed by atoms with Gasteiger partial charge in [0.05, 0.1) is 25.4 Å². The first-order chi connectivity index (χ1) is 14.7. The molecule has 0 spiro atoms. The number of carbonyl (C=O) groups excluding carboxylic acids is 2. The first-order valence-corrected chi connectivity index (χ1v) is 11.6. The van der Waals surface area contributed by atoms with Crippen LogP contribution in [0.15, 0.2) is 30.3 Å². The van der Waals surface area contributed by atoms with Gasteiger partial charge in [-0.3, -0.25) is 9.36 Å². The summed E-state index contributed by atoms with van der Waals surface area (Å²) in [4.78, 5) is 24.4. The maximum absolute atomic E-state index is 12.7. The van der Waals surface area contributed by atoms with E-state index in [0.717, 1.165) is 0 Å². The third-order valence-electron chi connectivity index (χ3n) is 4.58. The minimum Gasteiger partial charge on any atom is -0.453 e. The van der Waals surface area contributed by atoms with Crippen LogP contribution in [0.3, 0.4) is 0 Å². The fraction of sp³-hybridized carbons (Fsp3) is 0.600. The van der Waals surface area contributed by atoms with Crippen LogP contribution in [0.2, 0.25) is 0 Å². The Kier molecular flexibility index (Phi) is 9.17. The van der Waals surface area contributed by atoms with Crippen LogP contribution in [0.25, 0.3) is 0 Å². The van der Waals surface area contributed by atoms with Gasteiger partial charge in [-0.25, -0.2) is 4.79 Å². The van der Waals surface area contributed by atoms with E-state index >= 15 is 0 Å². The van der Waals surface area contributed by atoms with E-state index in [0.29, 0.717) is 0 Å². The Bertz CT molecular complexity index is 775. The van der Waals surface area contributed by atoms with Gasteiger partial charge >= 0.3 is 19.5 Å². The van der Waals surface area contributed by atoms with Crippen molar-refractivity contribution in [1.29, 1.82) is 0 Å². The van der Waals surface area contributed by atoms with Gasteiger partial charge in [0.15, 0.2) is 24.3 Å². The lowest BCUT2D eigenvalue weighted by molar-refractivity contribution is -0.185. The summed E-state index contributed by atoms with van der Waals surface area (Å²) >= 11 is 0. The molecule has 0 bridgehead atoms. The van der Waals surface area contributed by atoms with Crippen LogP contribution in [0.4, 0.5) is 0 Å². The smallest absolute Gasteiger partial charge is 0.356 e. The molecule has 11 heteroatoms. The third-order valence-corrected chi connectivity index (χ3v) is 6.35. The van der Waals surface area contributed by atoms with E-state index in [1.165, 1.54) is 13.8 Å². The second kappa shape index (κ2) is 11.2. The SMILES string of the molecule is CCOP(=O)(CO[C@H]1O[C@@H](CO)[C@](C)(OC(=O)c2ccccc2)C1OC(C)=O)OCC. The zero-order valence-electron chi connectivity index (χ0n) is 18.0. The van der Waals surface area contributed by atoms with Crippen molar-refractivity contribution in [3.8, 4) is 0 Å². The Morgan fingerprint density at radius 1 is 1.16 bits per heavy atom. The highest BCUT2D eigenvalue weighted by Crippen LogP contribution is 2.49. The number of esters is 2. The summed E-state index contributed by atoms with van der Waals surface area (Å²) in [6.07, 6.45) is -4.10. The quantitative estimate of drug-likeness (QED) is 0.389. The molecule has 1 aliphatic heterocycles. The molecule has 10 nitrogen and oxygen atoms in total. The molecule has 1 unspecified atom stereocenters. The van der Waals surface area contributed by atoms with Crippen LogP contribution < -0.4 is 0 Å². The van der Waals surface area contributed by atoms with E-state index in [2.05, 4.69) is 0 Å². The molecule has 1 heterocycles. The summed E-state index contributed by atoms with van der Waals surface area (Å²) in [5.74, 6) is -1.38. The Labute approximate surface area is 181 Å². The van der Waals surface area contributed by atoms with E-state index < -0.39 is 56.6 Å². The van der Waals surface area contributed by atoms with Gasteiger partial charge in [0, 0.05) is 6.92 Å². The molecule has 0 saturated carbocycles. The first-order valence-electron chi connectivity index (χ1n) is 9.90. The normalized spacial score (nSPS) is 25.9. The molecule has 1 aromatic carbocycles. The predicted molar refractivity (Wildman–Crippen MR) is 108 cm³/mol. The topological polar surface area (TPSA) is 127 Å². The van der Waals surface area contributed by atoms with Crippen molar-refractivity contribution < 1.29 is 47.3 Å². The summed E-state index contributed by atoms with van der Waals surface area (Å²) < 4.78 is 45.3. The van der Waals surface area contributed by atoms with Crippen LogP contribution >= 0.6 is 7.60 Å². The molecule has 1 aliphatic rings. The minimum absolute atomic E-state index is 0.130. The highest BCUT2D eigenvalue weighted by Gasteiger charge is 2.59. The lowest BCUT2D eigenvalue weighted by Crippen LogP contribution is -2.52. The van der Waals surface area contributed by atoms with E-state index in [9.17, 15) is 19.3 Å². The standard InChI is InChI=1S/C20H29O10P/c1-5-26-31(24,27-6-2)13-25-19-17(28-14(3)22)20(4,16(12-21)29-19)30-18(23)15-10-8-7-9-11-15/h7-11,16-17,19,21H,5-6,12-13H2,1-4H3/t16-,17?,19-,20-/m0/s1. The van der Waals surface area contributed by atoms with E-state index in [-0.39, 0.29) is 18.8 Å². The largest absolute Gasteiger partial charge is 0.453 e. The molecule has 1 N–H and O–H groups in total. The Hall–Kier alpha value is -1.81. The number of hydrogen-bond acceptors (Lipinski definition) is 10. The number of hydrogen-bond donors (Lipinski definition) is 1. The Balaban J connectivity index is 2.26. The molecule has 4 atom stereocenters. The van der Waals surface area contributed by atoms with Crippen molar-refractivity contribution in [1.82, 2.24) is 0 Å². The van der Waals surface area contributed by atoms with E-state index in [1.54, 1.807) is 44.2 Å². The molecule has 174 valence electrons. The molecule has 0 aromatic heterocycles. The molecule has 0 aliphatic carbocycles. The van der Waals surface area contributed by atoms with Gasteiger partial charge in [-0.2, -0.15) is 0 Å². The fourth-order valence-corrected chi connectivity index (χ4v) is 4.49. The lowest BCUT2D eigenvalue weighted by atomic mass is 9.94. The Morgan fingerprint density at radius 3 is 2.29 bits per heavy atom. The molecular formula is C20H29O10P.